The van der Waals surface area contributed by atoms with Crippen molar-refractivity contribution >= 4 is 5.82 Å². The third kappa shape index (κ3) is 2.30. The number of nitrogens with one attached hydrogen (secondary N) is 2. The summed E-state index contributed by atoms with van der Waals surface area (Å²) < 4.78 is 7.27. The summed E-state index contributed by atoms with van der Waals surface area (Å²) in [7, 11) is 3.92. The molecule has 1 saturated heterocycles. The Bertz CT molecular complexity index is 312. The molecule has 5 nitrogen and oxygen atoms in total. The highest BCUT2D eigenvalue weighted by Gasteiger charge is 2.26. The van der Waals surface area contributed by atoms with E-state index < -0.39 is 0 Å². The van der Waals surface area contributed by atoms with Crippen molar-refractivity contribution in [3.63, 3.8) is 0 Å². The van der Waals surface area contributed by atoms with Gasteiger partial charge in [-0.1, -0.05) is 0 Å². The molecule has 0 aromatic carbocycles. The zero-order valence-electron chi connectivity index (χ0n) is 9.23. The van der Waals surface area contributed by atoms with Gasteiger partial charge in [-0.05, 0) is 7.05 Å². The van der Waals surface area contributed by atoms with Crippen LogP contribution in [0.4, 0.5) is 5.82 Å². The molecule has 1 aromatic heterocycles. The van der Waals surface area contributed by atoms with Crippen LogP contribution in [-0.2, 0) is 11.8 Å². The minimum atomic E-state index is 0.464. The van der Waals surface area contributed by atoms with E-state index in [-0.39, 0.29) is 0 Å². The smallest absolute Gasteiger partial charge is 0.123 e. The van der Waals surface area contributed by atoms with Crippen LogP contribution < -0.4 is 10.6 Å². The lowest BCUT2D eigenvalue weighted by Crippen LogP contribution is -2.36. The highest BCUT2D eigenvalue weighted by Crippen LogP contribution is 2.14. The fourth-order valence-corrected chi connectivity index (χ4v) is 1.90. The van der Waals surface area contributed by atoms with Gasteiger partial charge < -0.3 is 15.4 Å². The van der Waals surface area contributed by atoms with Gasteiger partial charge in [-0.2, -0.15) is 5.10 Å². The van der Waals surface area contributed by atoms with Crippen molar-refractivity contribution in [3.05, 3.63) is 12.3 Å². The van der Waals surface area contributed by atoms with Gasteiger partial charge in [0.25, 0.3) is 0 Å². The van der Waals surface area contributed by atoms with E-state index in [0.717, 1.165) is 25.6 Å². The Labute approximate surface area is 89.8 Å². The van der Waals surface area contributed by atoms with Gasteiger partial charge in [0.2, 0.25) is 0 Å². The van der Waals surface area contributed by atoms with Gasteiger partial charge in [0.1, 0.15) is 5.82 Å². The molecule has 0 radical (unpaired) electrons. The van der Waals surface area contributed by atoms with Gasteiger partial charge in [0.05, 0.1) is 19.4 Å². The second kappa shape index (κ2) is 4.63. The van der Waals surface area contributed by atoms with E-state index in [1.165, 1.54) is 0 Å². The zero-order valence-corrected chi connectivity index (χ0v) is 9.23. The minimum Gasteiger partial charge on any atom is -0.379 e. The van der Waals surface area contributed by atoms with E-state index in [9.17, 15) is 0 Å². The van der Waals surface area contributed by atoms with Crippen LogP contribution >= 0.6 is 0 Å². The lowest BCUT2D eigenvalue weighted by Gasteiger charge is -2.17. The number of rotatable bonds is 4. The lowest BCUT2D eigenvalue weighted by atomic mass is 10.0. The molecule has 2 rings (SSSR count). The first-order valence-electron chi connectivity index (χ1n) is 5.28. The molecule has 1 fully saturated rings. The summed E-state index contributed by atoms with van der Waals surface area (Å²) in [6, 6.07) is 2.44. The highest BCUT2D eigenvalue weighted by atomic mass is 16.5. The Morgan fingerprint density at radius 2 is 2.47 bits per heavy atom. The summed E-state index contributed by atoms with van der Waals surface area (Å²) in [6.45, 7) is 2.57. The van der Waals surface area contributed by atoms with Gasteiger partial charge >= 0.3 is 0 Å². The average molecular weight is 210 g/mol. The molecule has 2 heterocycles. The first-order chi connectivity index (χ1) is 7.31. The lowest BCUT2D eigenvalue weighted by molar-refractivity contribution is 0.184. The number of aryl methyl sites for hydroxylation is 1. The fraction of sp³-hybridized carbons (Fsp3) is 0.700. The number of nitrogens with zero attached hydrogens (tertiary/aromatic N) is 2. The van der Waals surface area contributed by atoms with Crippen LogP contribution in [0.25, 0.3) is 0 Å². The van der Waals surface area contributed by atoms with E-state index in [1.807, 2.05) is 24.8 Å². The predicted molar refractivity (Wildman–Crippen MR) is 58.9 cm³/mol. The number of ether oxygens (including phenoxy) is 1. The van der Waals surface area contributed by atoms with Crippen LogP contribution in [0.15, 0.2) is 12.3 Å². The molecule has 2 atom stereocenters. The summed E-state index contributed by atoms with van der Waals surface area (Å²) in [5, 5.41) is 10.8. The molecule has 5 heteroatoms. The minimum absolute atomic E-state index is 0.464. The molecule has 0 saturated carbocycles. The van der Waals surface area contributed by atoms with Crippen molar-refractivity contribution in [1.29, 1.82) is 0 Å². The van der Waals surface area contributed by atoms with Crippen LogP contribution in [0.1, 0.15) is 0 Å². The molecule has 15 heavy (non-hydrogen) atoms. The van der Waals surface area contributed by atoms with Crippen molar-refractivity contribution in [1.82, 2.24) is 15.1 Å². The Morgan fingerprint density at radius 1 is 1.60 bits per heavy atom. The van der Waals surface area contributed by atoms with Gasteiger partial charge in [0.15, 0.2) is 0 Å². The van der Waals surface area contributed by atoms with Crippen LogP contribution in [0.3, 0.4) is 0 Å². The normalized spacial score (nSPS) is 25.7. The molecule has 0 aliphatic carbocycles. The number of hydrogen-bond donors (Lipinski definition) is 2. The van der Waals surface area contributed by atoms with Gasteiger partial charge in [0, 0.05) is 31.6 Å². The number of aromatic nitrogens is 2. The van der Waals surface area contributed by atoms with Crippen LogP contribution in [0.2, 0.25) is 0 Å². The summed E-state index contributed by atoms with van der Waals surface area (Å²) in [6.07, 6.45) is 1.79. The summed E-state index contributed by atoms with van der Waals surface area (Å²) in [5.74, 6) is 1.58. The first-order valence-corrected chi connectivity index (χ1v) is 5.28. The monoisotopic (exact) mass is 210 g/mol. The maximum Gasteiger partial charge on any atom is 0.123 e. The average Bonchev–Trinajstić information content (AvgIpc) is 2.83. The zero-order chi connectivity index (χ0) is 10.7. The van der Waals surface area contributed by atoms with E-state index in [0.29, 0.717) is 12.0 Å². The van der Waals surface area contributed by atoms with Gasteiger partial charge in [-0.25, -0.2) is 0 Å². The second-order valence-corrected chi connectivity index (χ2v) is 3.91. The first kappa shape index (κ1) is 10.4. The fourth-order valence-electron chi connectivity index (χ4n) is 1.90. The molecule has 0 bridgehead atoms. The highest BCUT2D eigenvalue weighted by molar-refractivity contribution is 5.33. The van der Waals surface area contributed by atoms with E-state index in [2.05, 4.69) is 15.7 Å². The molecular weight excluding hydrogens is 192 g/mol. The second-order valence-electron chi connectivity index (χ2n) is 3.91. The van der Waals surface area contributed by atoms with Crippen LogP contribution in [-0.4, -0.2) is 42.6 Å². The quantitative estimate of drug-likeness (QED) is 0.738. The largest absolute Gasteiger partial charge is 0.379 e. The SMILES string of the molecule is CNC1COCC1CNc1ccnn1C. The number of likely N-dealkylation sites (N-methyl/N-ethyl adjacent to an activating group) is 1. The Kier molecular flexibility index (Phi) is 3.23. The molecule has 1 aliphatic heterocycles. The van der Waals surface area contributed by atoms with Crippen LogP contribution in [0.5, 0.6) is 0 Å². The standard InChI is InChI=1S/C10H18N4O/c1-11-9-7-15-6-8(9)5-12-10-3-4-13-14(10)2/h3-4,8-9,11-12H,5-7H2,1-2H3. The Morgan fingerprint density at radius 3 is 3.13 bits per heavy atom. The van der Waals surface area contributed by atoms with Crippen molar-refractivity contribution in [2.75, 3.05) is 32.1 Å². The Hall–Kier alpha value is -1.07. The maximum atomic E-state index is 5.44. The third-order valence-electron chi connectivity index (χ3n) is 2.94. The molecule has 84 valence electrons. The van der Waals surface area contributed by atoms with E-state index >= 15 is 0 Å². The molecule has 2 unspecified atom stereocenters. The molecular formula is C10H18N4O. The third-order valence-corrected chi connectivity index (χ3v) is 2.94. The van der Waals surface area contributed by atoms with Gasteiger partial charge in [-0.3, -0.25) is 4.68 Å². The molecule has 0 spiro atoms. The topological polar surface area (TPSA) is 51.1 Å². The molecule has 0 amide bonds. The molecule has 2 N–H and O–H groups in total. The maximum absolute atomic E-state index is 5.44. The van der Waals surface area contributed by atoms with Crippen molar-refractivity contribution < 1.29 is 4.74 Å². The van der Waals surface area contributed by atoms with Crippen LogP contribution in [0, 0.1) is 5.92 Å². The van der Waals surface area contributed by atoms with Crippen molar-refractivity contribution in [3.8, 4) is 0 Å². The summed E-state index contributed by atoms with van der Waals surface area (Å²) >= 11 is 0. The predicted octanol–water partition coefficient (Wildman–Crippen LogP) is 0.0664. The summed E-state index contributed by atoms with van der Waals surface area (Å²) in [4.78, 5) is 0. The van der Waals surface area contributed by atoms with E-state index in [1.54, 1.807) is 6.20 Å². The Balaban J connectivity index is 1.85. The molecule has 1 aromatic rings. The van der Waals surface area contributed by atoms with Gasteiger partial charge in [-0.15, -0.1) is 0 Å². The molecule has 1 aliphatic rings. The van der Waals surface area contributed by atoms with E-state index in [4.69, 9.17) is 4.74 Å². The summed E-state index contributed by atoms with van der Waals surface area (Å²) in [5.41, 5.74) is 0. The van der Waals surface area contributed by atoms with Crippen molar-refractivity contribution in [2.45, 2.75) is 6.04 Å². The number of hydrogen-bond acceptors (Lipinski definition) is 4. The number of anilines is 1. The van der Waals surface area contributed by atoms with Crippen molar-refractivity contribution in [2.24, 2.45) is 13.0 Å².